The lowest BCUT2D eigenvalue weighted by Crippen LogP contribution is -2.16. The average molecular weight is 448 g/mol. The minimum absolute atomic E-state index is 0.139. The fraction of sp³-hybridized carbons (Fsp3) is 0.176. The predicted molar refractivity (Wildman–Crippen MR) is 99.8 cm³/mol. The van der Waals surface area contributed by atoms with Crippen LogP contribution in [0, 0.1) is 5.82 Å². The zero-order valence-electron chi connectivity index (χ0n) is 14.7. The Morgan fingerprint density at radius 1 is 1.17 bits per heavy atom. The number of hydrogen-bond donors (Lipinski definition) is 1. The Hall–Kier alpha value is -2.79. The molecule has 0 saturated heterocycles. The smallest absolute Gasteiger partial charge is 0.272 e. The van der Waals surface area contributed by atoms with E-state index in [0.717, 1.165) is 13.2 Å². The molecule has 0 spiro atoms. The first-order valence-electron chi connectivity index (χ1n) is 7.95. The number of ether oxygens (including phenoxy) is 2. The molecule has 1 N–H and O–H groups in total. The lowest BCUT2D eigenvalue weighted by atomic mass is 10.2. The SMILES string of the molecule is COc1nc(OCC(F)F)c(F)cc1NS(=O)(=O)c1cccc2nc(Cl)ccc12. The average Bonchev–Trinajstić information content (AvgIpc) is 2.66. The molecule has 29 heavy (non-hydrogen) atoms. The highest BCUT2D eigenvalue weighted by Crippen LogP contribution is 2.31. The van der Waals surface area contributed by atoms with Gasteiger partial charge >= 0.3 is 0 Å². The Morgan fingerprint density at radius 2 is 1.93 bits per heavy atom. The second kappa shape index (κ2) is 8.29. The van der Waals surface area contributed by atoms with E-state index >= 15 is 0 Å². The van der Waals surface area contributed by atoms with Crippen LogP contribution in [0.25, 0.3) is 10.9 Å². The van der Waals surface area contributed by atoms with Crippen molar-refractivity contribution in [1.82, 2.24) is 9.97 Å². The monoisotopic (exact) mass is 447 g/mol. The van der Waals surface area contributed by atoms with Gasteiger partial charge in [0.1, 0.15) is 10.8 Å². The molecule has 0 bridgehead atoms. The molecule has 12 heteroatoms. The Kier molecular flexibility index (Phi) is 5.99. The van der Waals surface area contributed by atoms with Crippen LogP contribution in [-0.2, 0) is 10.0 Å². The summed E-state index contributed by atoms with van der Waals surface area (Å²) in [6.07, 6.45) is -2.84. The molecule has 154 valence electrons. The number of nitrogens with zero attached hydrogens (tertiary/aromatic N) is 2. The van der Waals surface area contributed by atoms with Gasteiger partial charge in [0.15, 0.2) is 12.4 Å². The van der Waals surface area contributed by atoms with Gasteiger partial charge in [-0.3, -0.25) is 4.72 Å². The number of pyridine rings is 2. The van der Waals surface area contributed by atoms with Crippen molar-refractivity contribution in [2.45, 2.75) is 11.3 Å². The number of aromatic nitrogens is 2. The van der Waals surface area contributed by atoms with Crippen LogP contribution >= 0.6 is 11.6 Å². The van der Waals surface area contributed by atoms with Crippen molar-refractivity contribution in [3.63, 3.8) is 0 Å². The molecule has 0 fully saturated rings. The van der Waals surface area contributed by atoms with Crippen molar-refractivity contribution < 1.29 is 31.1 Å². The Labute approximate surface area is 168 Å². The minimum atomic E-state index is -4.22. The molecule has 0 saturated carbocycles. The summed E-state index contributed by atoms with van der Waals surface area (Å²) < 4.78 is 76.1. The van der Waals surface area contributed by atoms with E-state index in [-0.39, 0.29) is 27.0 Å². The van der Waals surface area contributed by atoms with Gasteiger partial charge < -0.3 is 9.47 Å². The first-order valence-corrected chi connectivity index (χ1v) is 9.81. The van der Waals surface area contributed by atoms with Crippen LogP contribution < -0.4 is 14.2 Å². The molecular formula is C17H13ClF3N3O4S. The van der Waals surface area contributed by atoms with Crippen LogP contribution in [0.5, 0.6) is 11.8 Å². The minimum Gasteiger partial charge on any atom is -0.479 e. The number of fused-ring (bicyclic) bond motifs is 1. The number of halogens is 4. The number of alkyl halides is 2. The highest BCUT2D eigenvalue weighted by molar-refractivity contribution is 7.93. The van der Waals surface area contributed by atoms with E-state index in [2.05, 4.69) is 19.4 Å². The van der Waals surface area contributed by atoms with Crippen molar-refractivity contribution in [2.75, 3.05) is 18.4 Å². The number of nitrogens with one attached hydrogen (secondary N) is 1. The van der Waals surface area contributed by atoms with Crippen molar-refractivity contribution in [3.05, 3.63) is 47.4 Å². The zero-order valence-corrected chi connectivity index (χ0v) is 16.3. The van der Waals surface area contributed by atoms with Crippen LogP contribution in [0.2, 0.25) is 5.15 Å². The standard InChI is InChI=1S/C17H13ClF3N3O4S/c1-27-17-12(7-10(19)16(23-17)28-8-15(20)21)24-29(25,26)13-4-2-3-11-9(13)5-6-14(18)22-11/h2-7,15,24H,8H2,1H3. The summed E-state index contributed by atoms with van der Waals surface area (Å²) in [5.41, 5.74) is 0.000662. The Bertz CT molecular complexity index is 1160. The molecule has 3 rings (SSSR count). The Balaban J connectivity index is 2.00. The highest BCUT2D eigenvalue weighted by atomic mass is 35.5. The first-order chi connectivity index (χ1) is 13.7. The fourth-order valence-corrected chi connectivity index (χ4v) is 3.88. The van der Waals surface area contributed by atoms with E-state index in [9.17, 15) is 21.6 Å². The second-order valence-electron chi connectivity index (χ2n) is 5.60. The number of rotatable bonds is 7. The van der Waals surface area contributed by atoms with Crippen LogP contribution in [-0.4, -0.2) is 38.5 Å². The van der Waals surface area contributed by atoms with E-state index in [1.807, 2.05) is 0 Å². The summed E-state index contributed by atoms with van der Waals surface area (Å²) in [5, 5.41) is 0.473. The number of anilines is 1. The lowest BCUT2D eigenvalue weighted by molar-refractivity contribution is 0.0770. The van der Waals surface area contributed by atoms with Gasteiger partial charge in [-0.05, 0) is 24.3 Å². The van der Waals surface area contributed by atoms with Crippen LogP contribution in [0.1, 0.15) is 0 Å². The molecule has 0 unspecified atom stereocenters. The van der Waals surface area contributed by atoms with E-state index < -0.39 is 34.8 Å². The van der Waals surface area contributed by atoms with Gasteiger partial charge in [-0.2, -0.15) is 4.98 Å². The van der Waals surface area contributed by atoms with Crippen molar-refractivity contribution in [2.24, 2.45) is 0 Å². The first kappa shape index (κ1) is 20.9. The zero-order chi connectivity index (χ0) is 21.2. The number of sulfonamides is 1. The number of methoxy groups -OCH3 is 1. The maximum Gasteiger partial charge on any atom is 0.272 e. The third kappa shape index (κ3) is 4.62. The van der Waals surface area contributed by atoms with E-state index in [4.69, 9.17) is 16.3 Å². The molecule has 0 aliphatic rings. The van der Waals surface area contributed by atoms with E-state index in [1.165, 1.54) is 24.3 Å². The van der Waals surface area contributed by atoms with Gasteiger partial charge in [0.25, 0.3) is 22.3 Å². The molecule has 0 aliphatic carbocycles. The Morgan fingerprint density at radius 3 is 2.62 bits per heavy atom. The predicted octanol–water partition coefficient (Wildman–Crippen LogP) is 3.88. The molecular weight excluding hydrogens is 435 g/mol. The van der Waals surface area contributed by atoms with E-state index in [0.29, 0.717) is 5.52 Å². The number of hydrogen-bond acceptors (Lipinski definition) is 6. The molecule has 0 aliphatic heterocycles. The summed E-state index contributed by atoms with van der Waals surface area (Å²) in [5.74, 6) is -2.25. The summed E-state index contributed by atoms with van der Waals surface area (Å²) in [7, 11) is -3.07. The quantitative estimate of drug-likeness (QED) is 0.553. The summed E-state index contributed by atoms with van der Waals surface area (Å²) >= 11 is 5.83. The van der Waals surface area contributed by atoms with Gasteiger partial charge in [0.2, 0.25) is 5.88 Å². The summed E-state index contributed by atoms with van der Waals surface area (Å²) in [6, 6.07) is 8.02. The largest absolute Gasteiger partial charge is 0.479 e. The third-order valence-electron chi connectivity index (χ3n) is 3.64. The van der Waals surface area contributed by atoms with Gasteiger partial charge in [0.05, 0.1) is 17.5 Å². The van der Waals surface area contributed by atoms with Crippen molar-refractivity contribution >= 4 is 38.2 Å². The summed E-state index contributed by atoms with van der Waals surface area (Å²) in [4.78, 5) is 7.52. The normalized spacial score (nSPS) is 11.7. The maximum atomic E-state index is 14.1. The van der Waals surface area contributed by atoms with Gasteiger partial charge in [-0.25, -0.2) is 26.6 Å². The second-order valence-corrected chi connectivity index (χ2v) is 7.63. The lowest BCUT2D eigenvalue weighted by Gasteiger charge is -2.14. The topological polar surface area (TPSA) is 90.4 Å². The molecule has 2 heterocycles. The maximum absolute atomic E-state index is 14.1. The van der Waals surface area contributed by atoms with Gasteiger partial charge in [-0.15, -0.1) is 0 Å². The molecule has 0 amide bonds. The number of benzene rings is 1. The highest BCUT2D eigenvalue weighted by Gasteiger charge is 2.23. The molecule has 0 atom stereocenters. The van der Waals surface area contributed by atoms with Gasteiger partial charge in [0, 0.05) is 11.5 Å². The third-order valence-corrected chi connectivity index (χ3v) is 5.27. The molecule has 2 aromatic heterocycles. The molecule has 7 nitrogen and oxygen atoms in total. The van der Waals surface area contributed by atoms with Crippen LogP contribution in [0.4, 0.5) is 18.9 Å². The molecule has 0 radical (unpaired) electrons. The van der Waals surface area contributed by atoms with Crippen molar-refractivity contribution in [1.29, 1.82) is 0 Å². The van der Waals surface area contributed by atoms with Crippen molar-refractivity contribution in [3.8, 4) is 11.8 Å². The summed E-state index contributed by atoms with van der Waals surface area (Å²) in [6.45, 7) is -1.08. The fourth-order valence-electron chi connectivity index (χ4n) is 2.46. The van der Waals surface area contributed by atoms with Crippen LogP contribution in [0.15, 0.2) is 41.3 Å². The van der Waals surface area contributed by atoms with Gasteiger partial charge in [-0.1, -0.05) is 17.7 Å². The van der Waals surface area contributed by atoms with E-state index in [1.54, 1.807) is 6.07 Å². The molecule has 1 aromatic carbocycles. The van der Waals surface area contributed by atoms with Crippen LogP contribution in [0.3, 0.4) is 0 Å². The molecule has 3 aromatic rings.